The quantitative estimate of drug-likeness (QED) is 0.633. The molecule has 0 aromatic heterocycles. The summed E-state index contributed by atoms with van der Waals surface area (Å²) in [5.41, 5.74) is 8.37. The van der Waals surface area contributed by atoms with Crippen molar-refractivity contribution in [1.29, 1.82) is 0 Å². The Morgan fingerprint density at radius 3 is 2.58 bits per heavy atom. The van der Waals surface area contributed by atoms with E-state index in [0.717, 1.165) is 15.8 Å². The van der Waals surface area contributed by atoms with Crippen molar-refractivity contribution < 1.29 is 4.79 Å². The number of benzene rings is 2. The van der Waals surface area contributed by atoms with Crippen LogP contribution in [0, 0.1) is 0 Å². The largest absolute Gasteiger partial charge is 0.398 e. The second-order valence-electron chi connectivity index (χ2n) is 4.11. The molecule has 0 aliphatic rings. The van der Waals surface area contributed by atoms with Crippen molar-refractivity contribution in [2.24, 2.45) is 0 Å². The van der Waals surface area contributed by atoms with Crippen LogP contribution in [0.25, 0.3) is 0 Å². The molecular formula is C14H12BrClN2O. The van der Waals surface area contributed by atoms with E-state index in [4.69, 9.17) is 17.3 Å². The predicted octanol–water partition coefficient (Wildman–Crippen LogP) is 4.63. The summed E-state index contributed by atoms with van der Waals surface area (Å²) < 4.78 is 0.912. The highest BCUT2D eigenvalue weighted by Gasteiger charge is 2.06. The van der Waals surface area contributed by atoms with E-state index in [1.54, 1.807) is 24.3 Å². The van der Waals surface area contributed by atoms with Crippen molar-refractivity contribution in [2.45, 2.75) is 6.92 Å². The molecule has 0 saturated heterocycles. The van der Waals surface area contributed by atoms with E-state index in [0.29, 0.717) is 16.3 Å². The van der Waals surface area contributed by atoms with Crippen LogP contribution in [-0.2, 0) is 0 Å². The number of carbonyl (C=O) groups excluding carboxylic acids is 1. The summed E-state index contributed by atoms with van der Waals surface area (Å²) in [6, 6.07) is 10.8. The third-order valence-corrected chi connectivity index (χ3v) is 3.45. The summed E-state index contributed by atoms with van der Waals surface area (Å²) in [4.78, 5) is 11.3. The maximum Gasteiger partial charge on any atom is 0.161 e. The van der Waals surface area contributed by atoms with Gasteiger partial charge in [0.15, 0.2) is 5.78 Å². The highest BCUT2D eigenvalue weighted by Crippen LogP contribution is 2.29. The van der Waals surface area contributed by atoms with Gasteiger partial charge in [-0.2, -0.15) is 0 Å². The van der Waals surface area contributed by atoms with Crippen LogP contribution < -0.4 is 11.1 Å². The fourth-order valence-electron chi connectivity index (χ4n) is 1.71. The first-order valence-electron chi connectivity index (χ1n) is 5.60. The van der Waals surface area contributed by atoms with Crippen LogP contribution in [0.4, 0.5) is 17.1 Å². The minimum absolute atomic E-state index is 0.0503. The Hall–Kier alpha value is -1.52. The minimum Gasteiger partial charge on any atom is -0.398 e. The molecule has 3 nitrogen and oxygen atoms in total. The molecule has 0 saturated carbocycles. The van der Waals surface area contributed by atoms with Gasteiger partial charge in [0, 0.05) is 21.4 Å². The van der Waals surface area contributed by atoms with Crippen molar-refractivity contribution in [1.82, 2.24) is 0 Å². The fraction of sp³-hybridized carbons (Fsp3) is 0.0714. The van der Waals surface area contributed by atoms with E-state index in [1.165, 1.54) is 6.92 Å². The van der Waals surface area contributed by atoms with Gasteiger partial charge in [-0.25, -0.2) is 0 Å². The molecule has 0 spiro atoms. The molecule has 2 aromatic carbocycles. The van der Waals surface area contributed by atoms with Crippen molar-refractivity contribution in [3.8, 4) is 0 Å². The van der Waals surface area contributed by atoms with E-state index in [9.17, 15) is 4.79 Å². The number of anilines is 3. The molecule has 2 aromatic rings. The minimum atomic E-state index is -0.0503. The van der Waals surface area contributed by atoms with Crippen molar-refractivity contribution in [3.63, 3.8) is 0 Å². The maximum absolute atomic E-state index is 11.3. The zero-order valence-corrected chi connectivity index (χ0v) is 12.5. The van der Waals surface area contributed by atoms with Crippen LogP contribution in [0.5, 0.6) is 0 Å². The van der Waals surface area contributed by atoms with Gasteiger partial charge in [-0.15, -0.1) is 0 Å². The van der Waals surface area contributed by atoms with Gasteiger partial charge in [0.05, 0.1) is 10.7 Å². The molecule has 0 heterocycles. The summed E-state index contributed by atoms with van der Waals surface area (Å²) in [5, 5.41) is 3.76. The lowest BCUT2D eigenvalue weighted by atomic mass is 10.1. The summed E-state index contributed by atoms with van der Waals surface area (Å²) in [5.74, 6) is -0.0503. The lowest BCUT2D eigenvalue weighted by Gasteiger charge is -2.10. The highest BCUT2D eigenvalue weighted by molar-refractivity contribution is 9.10. The molecule has 3 N–H and O–H groups in total. The fourth-order valence-corrected chi connectivity index (χ4v) is 2.43. The average molecular weight is 340 g/mol. The predicted molar refractivity (Wildman–Crippen MR) is 83.3 cm³/mol. The van der Waals surface area contributed by atoms with E-state index < -0.39 is 0 Å². The van der Waals surface area contributed by atoms with Crippen LogP contribution in [0.1, 0.15) is 17.3 Å². The third kappa shape index (κ3) is 3.28. The Labute approximate surface area is 124 Å². The molecule has 2 rings (SSSR count). The zero-order chi connectivity index (χ0) is 14.0. The van der Waals surface area contributed by atoms with Gasteiger partial charge in [-0.3, -0.25) is 4.79 Å². The lowest BCUT2D eigenvalue weighted by molar-refractivity contribution is 0.101. The van der Waals surface area contributed by atoms with Crippen LogP contribution in [0.2, 0.25) is 5.02 Å². The van der Waals surface area contributed by atoms with E-state index in [1.807, 2.05) is 12.1 Å². The van der Waals surface area contributed by atoms with Crippen LogP contribution in [0.3, 0.4) is 0 Å². The molecule has 0 unspecified atom stereocenters. The first-order chi connectivity index (χ1) is 8.97. The van der Waals surface area contributed by atoms with Crippen molar-refractivity contribution in [2.75, 3.05) is 11.1 Å². The average Bonchev–Trinajstić information content (AvgIpc) is 2.32. The highest BCUT2D eigenvalue weighted by atomic mass is 79.9. The number of ketones is 1. The summed E-state index contributed by atoms with van der Waals surface area (Å²) in [6.07, 6.45) is 0. The van der Waals surface area contributed by atoms with Gasteiger partial charge in [-0.1, -0.05) is 27.5 Å². The van der Waals surface area contributed by atoms with Crippen LogP contribution in [0.15, 0.2) is 40.9 Å². The number of rotatable bonds is 3. The van der Waals surface area contributed by atoms with Crippen LogP contribution >= 0.6 is 27.5 Å². The first-order valence-corrected chi connectivity index (χ1v) is 6.77. The summed E-state index contributed by atoms with van der Waals surface area (Å²) in [7, 11) is 0. The molecule has 0 fully saturated rings. The normalized spacial score (nSPS) is 10.3. The monoisotopic (exact) mass is 338 g/mol. The first kappa shape index (κ1) is 13.9. The smallest absolute Gasteiger partial charge is 0.161 e. The Morgan fingerprint density at radius 2 is 2.00 bits per heavy atom. The number of halogens is 2. The lowest BCUT2D eigenvalue weighted by Crippen LogP contribution is -2.01. The Balaban J connectivity index is 2.29. The topological polar surface area (TPSA) is 55.1 Å². The Kier molecular flexibility index (Phi) is 4.12. The number of nitrogens with two attached hydrogens (primary N) is 1. The van der Waals surface area contributed by atoms with E-state index in [2.05, 4.69) is 21.2 Å². The van der Waals surface area contributed by atoms with Gasteiger partial charge in [0.25, 0.3) is 0 Å². The molecule has 0 amide bonds. The Morgan fingerprint density at radius 1 is 1.26 bits per heavy atom. The summed E-state index contributed by atoms with van der Waals surface area (Å²) in [6.45, 7) is 1.49. The number of hydrogen-bond acceptors (Lipinski definition) is 3. The van der Waals surface area contributed by atoms with E-state index >= 15 is 0 Å². The molecule has 0 radical (unpaired) electrons. The zero-order valence-electron chi connectivity index (χ0n) is 10.2. The SMILES string of the molecule is CC(=O)c1ccc(Nc2ccc(Br)cc2Cl)cc1N. The molecule has 0 aliphatic heterocycles. The molecule has 19 heavy (non-hydrogen) atoms. The second-order valence-corrected chi connectivity index (χ2v) is 5.43. The standard InChI is InChI=1S/C14H12BrClN2O/c1-8(19)11-4-3-10(7-13(11)17)18-14-5-2-9(15)6-12(14)16/h2-7,18H,17H2,1H3. The van der Waals surface area contributed by atoms with Gasteiger partial charge in [-0.05, 0) is 43.3 Å². The van der Waals surface area contributed by atoms with Crippen molar-refractivity contribution in [3.05, 3.63) is 51.5 Å². The molecule has 0 bridgehead atoms. The molecule has 5 heteroatoms. The molecular weight excluding hydrogens is 328 g/mol. The maximum atomic E-state index is 11.3. The summed E-state index contributed by atoms with van der Waals surface area (Å²) >= 11 is 9.47. The van der Waals surface area contributed by atoms with Gasteiger partial charge in [0.2, 0.25) is 0 Å². The molecule has 0 aliphatic carbocycles. The van der Waals surface area contributed by atoms with Gasteiger partial charge < -0.3 is 11.1 Å². The molecule has 0 atom stereocenters. The van der Waals surface area contributed by atoms with Gasteiger partial charge >= 0.3 is 0 Å². The Bertz CT molecular complexity index is 643. The second kappa shape index (κ2) is 5.63. The third-order valence-electron chi connectivity index (χ3n) is 2.64. The van der Waals surface area contributed by atoms with E-state index in [-0.39, 0.29) is 5.78 Å². The van der Waals surface area contributed by atoms with Gasteiger partial charge in [0.1, 0.15) is 0 Å². The number of Topliss-reactive ketones (excluding diaryl/α,β-unsaturated/α-hetero) is 1. The number of nitrogens with one attached hydrogen (secondary N) is 1. The number of nitrogen functional groups attached to an aromatic ring is 1. The number of carbonyl (C=O) groups is 1. The number of hydrogen-bond donors (Lipinski definition) is 2. The van der Waals surface area contributed by atoms with Crippen molar-refractivity contribution >= 4 is 50.4 Å². The van der Waals surface area contributed by atoms with Crippen LogP contribution in [-0.4, -0.2) is 5.78 Å². The molecule has 98 valence electrons.